The summed E-state index contributed by atoms with van der Waals surface area (Å²) < 4.78 is 0. The first-order chi connectivity index (χ1) is 14.3. The highest BCUT2D eigenvalue weighted by molar-refractivity contribution is 5.81. The number of piperidine rings is 1. The number of benzene rings is 1. The van der Waals surface area contributed by atoms with Crippen LogP contribution in [-0.2, 0) is 10.4 Å². The number of carbonyl (C=O) groups excluding carboxylic acids is 1. The molecule has 0 spiro atoms. The first kappa shape index (κ1) is 23.2. The van der Waals surface area contributed by atoms with E-state index in [2.05, 4.69) is 15.5 Å². The van der Waals surface area contributed by atoms with Gasteiger partial charge in [0.05, 0.1) is 5.60 Å². The molecule has 3 rings (SSSR count). The van der Waals surface area contributed by atoms with Crippen LogP contribution in [0.4, 0.5) is 0 Å². The Kier molecular flexibility index (Phi) is 7.94. The zero-order valence-electron chi connectivity index (χ0n) is 19.1. The predicted octanol–water partition coefficient (Wildman–Crippen LogP) is 3.28. The molecule has 30 heavy (non-hydrogen) atoms. The maximum atomic E-state index is 12.2. The van der Waals surface area contributed by atoms with Gasteiger partial charge in [-0.25, -0.2) is 0 Å². The molecule has 1 aliphatic heterocycles. The van der Waals surface area contributed by atoms with Crippen molar-refractivity contribution >= 4 is 5.91 Å². The smallest absolute Gasteiger partial charge is 0.225 e. The molecular formula is C25H41N3O2. The summed E-state index contributed by atoms with van der Waals surface area (Å²) in [6, 6.07) is 10.6. The third kappa shape index (κ3) is 7.07. The lowest BCUT2D eigenvalue weighted by Crippen LogP contribution is -2.45. The quantitative estimate of drug-likeness (QED) is 0.549. The highest BCUT2D eigenvalue weighted by Gasteiger charge is 2.31. The minimum atomic E-state index is -0.923. The van der Waals surface area contributed by atoms with Crippen LogP contribution in [0.25, 0.3) is 0 Å². The van der Waals surface area contributed by atoms with Crippen molar-refractivity contribution in [1.82, 2.24) is 15.5 Å². The number of amides is 1. The Morgan fingerprint density at radius 1 is 1.07 bits per heavy atom. The lowest BCUT2D eigenvalue weighted by molar-refractivity contribution is -0.128. The lowest BCUT2D eigenvalue weighted by Gasteiger charge is -2.36. The number of rotatable bonds is 10. The summed E-state index contributed by atoms with van der Waals surface area (Å²) in [5.74, 6) is 0.960. The molecule has 1 heterocycles. The van der Waals surface area contributed by atoms with Crippen LogP contribution in [-0.4, -0.2) is 54.7 Å². The van der Waals surface area contributed by atoms with Crippen molar-refractivity contribution in [3.05, 3.63) is 35.9 Å². The molecule has 2 aliphatic rings. The van der Waals surface area contributed by atoms with E-state index >= 15 is 0 Å². The largest absolute Gasteiger partial charge is 0.385 e. The van der Waals surface area contributed by atoms with Gasteiger partial charge in [0.2, 0.25) is 5.91 Å². The summed E-state index contributed by atoms with van der Waals surface area (Å²) in [4.78, 5) is 14.7. The number of hydrogen-bond acceptors (Lipinski definition) is 4. The van der Waals surface area contributed by atoms with Gasteiger partial charge >= 0.3 is 0 Å². The van der Waals surface area contributed by atoms with E-state index in [1.54, 1.807) is 0 Å². The fraction of sp³-hybridized carbons (Fsp3) is 0.720. The van der Waals surface area contributed by atoms with Crippen molar-refractivity contribution in [2.24, 2.45) is 11.3 Å². The van der Waals surface area contributed by atoms with Gasteiger partial charge in [0.15, 0.2) is 0 Å². The third-order valence-electron chi connectivity index (χ3n) is 6.64. The van der Waals surface area contributed by atoms with Crippen molar-refractivity contribution in [2.75, 3.05) is 32.7 Å². The number of nitrogens with zero attached hydrogens (tertiary/aromatic N) is 1. The lowest BCUT2D eigenvalue weighted by atomic mass is 9.86. The van der Waals surface area contributed by atoms with Crippen LogP contribution in [0, 0.1) is 11.3 Å². The first-order valence-electron chi connectivity index (χ1n) is 11.8. The normalized spacial score (nSPS) is 20.7. The predicted molar refractivity (Wildman–Crippen MR) is 122 cm³/mol. The van der Waals surface area contributed by atoms with E-state index in [9.17, 15) is 9.90 Å². The molecule has 0 aromatic heterocycles. The molecule has 1 saturated carbocycles. The zero-order chi connectivity index (χ0) is 21.6. The van der Waals surface area contributed by atoms with Crippen LogP contribution in [0.1, 0.15) is 64.9 Å². The van der Waals surface area contributed by atoms with Gasteiger partial charge in [0.25, 0.3) is 0 Å². The molecule has 1 aliphatic carbocycles. The van der Waals surface area contributed by atoms with E-state index in [1.807, 2.05) is 51.1 Å². The highest BCUT2D eigenvalue weighted by atomic mass is 16.3. The molecule has 1 unspecified atom stereocenters. The first-order valence-corrected chi connectivity index (χ1v) is 11.8. The average molecular weight is 416 g/mol. The van der Waals surface area contributed by atoms with Crippen LogP contribution in [0.15, 0.2) is 30.3 Å². The SMILES string of the molecule is CC(C)(C)C(=O)NCCC(O)(CCN1CCC(NCC2CC2)CC1)c1ccccc1. The zero-order valence-corrected chi connectivity index (χ0v) is 19.1. The molecule has 5 heteroatoms. The van der Waals surface area contributed by atoms with E-state index in [0.29, 0.717) is 25.4 Å². The number of likely N-dealkylation sites (tertiary alicyclic amines) is 1. The Hall–Kier alpha value is -1.43. The second-order valence-corrected chi connectivity index (χ2v) is 10.4. The van der Waals surface area contributed by atoms with Gasteiger partial charge in [-0.2, -0.15) is 0 Å². The van der Waals surface area contributed by atoms with Gasteiger partial charge in [-0.05, 0) is 69.6 Å². The number of nitrogens with one attached hydrogen (secondary N) is 2. The second kappa shape index (κ2) is 10.3. The van der Waals surface area contributed by atoms with E-state index in [-0.39, 0.29) is 5.91 Å². The number of aliphatic hydroxyl groups is 1. The monoisotopic (exact) mass is 415 g/mol. The Morgan fingerprint density at radius 2 is 1.73 bits per heavy atom. The molecule has 0 bridgehead atoms. The molecule has 1 aromatic carbocycles. The van der Waals surface area contributed by atoms with E-state index in [0.717, 1.165) is 31.1 Å². The maximum absolute atomic E-state index is 12.2. The van der Waals surface area contributed by atoms with Gasteiger partial charge in [-0.15, -0.1) is 0 Å². The Balaban J connectivity index is 1.49. The molecule has 168 valence electrons. The number of carbonyl (C=O) groups is 1. The Bertz CT molecular complexity index is 661. The number of hydrogen-bond donors (Lipinski definition) is 3. The molecule has 3 N–H and O–H groups in total. The van der Waals surface area contributed by atoms with Gasteiger partial charge in [-0.3, -0.25) is 4.79 Å². The average Bonchev–Trinajstić information content (AvgIpc) is 3.56. The van der Waals surface area contributed by atoms with Crippen LogP contribution in [0.2, 0.25) is 0 Å². The molecule has 5 nitrogen and oxygen atoms in total. The molecule has 1 aromatic rings. The minimum Gasteiger partial charge on any atom is -0.385 e. The molecule has 2 fully saturated rings. The molecule has 1 atom stereocenters. The summed E-state index contributed by atoms with van der Waals surface area (Å²) in [7, 11) is 0. The second-order valence-electron chi connectivity index (χ2n) is 10.4. The summed E-state index contributed by atoms with van der Waals surface area (Å²) in [5, 5.41) is 18.3. The van der Waals surface area contributed by atoms with Crippen molar-refractivity contribution < 1.29 is 9.90 Å². The van der Waals surface area contributed by atoms with Gasteiger partial charge in [0, 0.05) is 24.5 Å². The summed E-state index contributed by atoms with van der Waals surface area (Å²) in [6.45, 7) is 10.5. The van der Waals surface area contributed by atoms with Crippen LogP contribution in [0.3, 0.4) is 0 Å². The van der Waals surface area contributed by atoms with Gasteiger partial charge in [-0.1, -0.05) is 51.1 Å². The standard InChI is InChI=1S/C25H41N3O2/c1-24(2,3)23(29)26-15-13-25(30,21-7-5-4-6-8-21)14-18-28-16-11-22(12-17-28)27-19-20-9-10-20/h4-8,20,22,27,30H,9-19H2,1-3H3,(H,26,29). The summed E-state index contributed by atoms with van der Waals surface area (Å²) in [5.41, 5.74) is -0.396. The highest BCUT2D eigenvalue weighted by Crippen LogP contribution is 2.30. The van der Waals surface area contributed by atoms with Crippen LogP contribution in [0.5, 0.6) is 0 Å². The maximum Gasteiger partial charge on any atom is 0.225 e. The fourth-order valence-corrected chi connectivity index (χ4v) is 4.17. The molecule has 0 radical (unpaired) electrons. The Labute approximate surface area is 182 Å². The molecule has 1 saturated heterocycles. The van der Waals surface area contributed by atoms with E-state index in [4.69, 9.17) is 0 Å². The van der Waals surface area contributed by atoms with Crippen molar-refractivity contribution in [3.8, 4) is 0 Å². The van der Waals surface area contributed by atoms with E-state index in [1.165, 1.54) is 32.2 Å². The Morgan fingerprint density at radius 3 is 2.33 bits per heavy atom. The van der Waals surface area contributed by atoms with Gasteiger partial charge < -0.3 is 20.6 Å². The van der Waals surface area contributed by atoms with Gasteiger partial charge in [0.1, 0.15) is 0 Å². The van der Waals surface area contributed by atoms with Crippen LogP contribution >= 0.6 is 0 Å². The molecule has 1 amide bonds. The summed E-state index contributed by atoms with van der Waals surface area (Å²) >= 11 is 0. The topological polar surface area (TPSA) is 64.6 Å². The van der Waals surface area contributed by atoms with E-state index < -0.39 is 11.0 Å². The van der Waals surface area contributed by atoms with Crippen LogP contribution < -0.4 is 10.6 Å². The molecular weight excluding hydrogens is 374 g/mol. The summed E-state index contributed by atoms with van der Waals surface area (Å²) in [6.07, 6.45) is 6.40. The third-order valence-corrected chi connectivity index (χ3v) is 6.64. The minimum absolute atomic E-state index is 0.0266. The van der Waals surface area contributed by atoms with Crippen molar-refractivity contribution in [2.45, 2.75) is 70.9 Å². The van der Waals surface area contributed by atoms with Crippen molar-refractivity contribution in [1.29, 1.82) is 0 Å². The van der Waals surface area contributed by atoms with Crippen molar-refractivity contribution in [3.63, 3.8) is 0 Å². The fourth-order valence-electron chi connectivity index (χ4n) is 4.17.